The van der Waals surface area contributed by atoms with Gasteiger partial charge < -0.3 is 10.2 Å². The lowest BCUT2D eigenvalue weighted by Gasteiger charge is -2.29. The van der Waals surface area contributed by atoms with Crippen LogP contribution in [-0.4, -0.2) is 47.4 Å². The Labute approximate surface area is 134 Å². The van der Waals surface area contributed by atoms with Crippen LogP contribution in [-0.2, 0) is 9.84 Å². The van der Waals surface area contributed by atoms with E-state index in [0.29, 0.717) is 23.8 Å². The first-order valence-corrected chi connectivity index (χ1v) is 9.08. The van der Waals surface area contributed by atoms with Gasteiger partial charge in [-0.25, -0.2) is 8.42 Å². The van der Waals surface area contributed by atoms with Crippen LogP contribution in [0, 0.1) is 10.1 Å². The van der Waals surface area contributed by atoms with Crippen molar-refractivity contribution in [2.24, 2.45) is 0 Å². The highest BCUT2D eigenvalue weighted by atomic mass is 32.2. The van der Waals surface area contributed by atoms with Crippen LogP contribution >= 0.6 is 12.2 Å². The summed E-state index contributed by atoms with van der Waals surface area (Å²) in [6, 6.07) is 5.81. The van der Waals surface area contributed by atoms with Crippen molar-refractivity contribution in [2.75, 3.05) is 23.4 Å². The molecule has 1 N–H and O–H groups in total. The predicted molar refractivity (Wildman–Crippen MR) is 88.8 cm³/mol. The van der Waals surface area contributed by atoms with Crippen LogP contribution in [0.1, 0.15) is 13.3 Å². The Morgan fingerprint density at radius 2 is 2.09 bits per heavy atom. The summed E-state index contributed by atoms with van der Waals surface area (Å²) >= 11 is 5.34. The first-order valence-electron chi connectivity index (χ1n) is 6.85. The minimum absolute atomic E-state index is 0.00528. The standard InChI is InChI=1S/C13H17N3O4S2/c1-2-15(12-7-8-22(19,20)9-12)13(21)14-10-3-5-11(6-4-10)16(17)18/h3-6,12H,2,7-9H2,1H3,(H,14,21)/t12-/m0/s1. The zero-order valence-electron chi connectivity index (χ0n) is 12.1. The molecule has 1 heterocycles. The first kappa shape index (κ1) is 16.6. The Morgan fingerprint density at radius 3 is 2.55 bits per heavy atom. The molecular formula is C13H17N3O4S2. The topological polar surface area (TPSA) is 92.5 Å². The van der Waals surface area contributed by atoms with Crippen molar-refractivity contribution >= 4 is 38.5 Å². The largest absolute Gasteiger partial charge is 0.345 e. The van der Waals surface area contributed by atoms with Crippen molar-refractivity contribution in [1.82, 2.24) is 4.90 Å². The molecule has 1 fully saturated rings. The van der Waals surface area contributed by atoms with E-state index in [0.717, 1.165) is 0 Å². The number of hydrogen-bond acceptors (Lipinski definition) is 5. The van der Waals surface area contributed by atoms with Crippen molar-refractivity contribution in [3.8, 4) is 0 Å². The SMILES string of the molecule is CCN(C(=S)Nc1ccc([N+](=O)[O-])cc1)[C@H]1CCS(=O)(=O)C1. The quantitative estimate of drug-likeness (QED) is 0.506. The molecule has 0 saturated carbocycles. The summed E-state index contributed by atoms with van der Waals surface area (Å²) in [4.78, 5) is 12.0. The van der Waals surface area contributed by atoms with E-state index in [2.05, 4.69) is 5.32 Å². The van der Waals surface area contributed by atoms with Crippen LogP contribution in [0.15, 0.2) is 24.3 Å². The van der Waals surface area contributed by atoms with Crippen LogP contribution in [0.3, 0.4) is 0 Å². The maximum Gasteiger partial charge on any atom is 0.269 e. The van der Waals surface area contributed by atoms with Gasteiger partial charge in [-0.3, -0.25) is 10.1 Å². The molecule has 1 aliphatic heterocycles. The number of non-ortho nitro benzene ring substituents is 1. The fourth-order valence-corrected chi connectivity index (χ4v) is 4.58. The van der Waals surface area contributed by atoms with Crippen LogP contribution in [0.5, 0.6) is 0 Å². The zero-order valence-corrected chi connectivity index (χ0v) is 13.7. The lowest BCUT2D eigenvalue weighted by atomic mass is 10.2. The van der Waals surface area contributed by atoms with Crippen LogP contribution in [0.2, 0.25) is 0 Å². The van der Waals surface area contributed by atoms with Crippen LogP contribution < -0.4 is 5.32 Å². The Hall–Kier alpha value is -1.74. The number of rotatable bonds is 4. The maximum atomic E-state index is 11.6. The summed E-state index contributed by atoms with van der Waals surface area (Å²) in [7, 11) is -2.98. The van der Waals surface area contributed by atoms with E-state index in [-0.39, 0.29) is 23.2 Å². The summed E-state index contributed by atoms with van der Waals surface area (Å²) < 4.78 is 23.2. The van der Waals surface area contributed by atoms with Crippen molar-refractivity contribution in [1.29, 1.82) is 0 Å². The van der Waals surface area contributed by atoms with Crippen molar-refractivity contribution in [3.63, 3.8) is 0 Å². The molecule has 1 saturated heterocycles. The van der Waals surface area contributed by atoms with E-state index >= 15 is 0 Å². The third-order valence-electron chi connectivity index (χ3n) is 3.58. The molecule has 1 aromatic rings. The zero-order chi connectivity index (χ0) is 16.3. The molecule has 22 heavy (non-hydrogen) atoms. The number of nitro groups is 1. The smallest absolute Gasteiger partial charge is 0.269 e. The predicted octanol–water partition coefficient (Wildman–Crippen LogP) is 1.80. The number of sulfone groups is 1. The normalized spacial score (nSPS) is 19.6. The van der Waals surface area contributed by atoms with Gasteiger partial charge in [0.2, 0.25) is 0 Å². The van der Waals surface area contributed by atoms with E-state index in [1.165, 1.54) is 12.1 Å². The molecule has 120 valence electrons. The second-order valence-electron chi connectivity index (χ2n) is 5.08. The van der Waals surface area contributed by atoms with Gasteiger partial charge >= 0.3 is 0 Å². The van der Waals surface area contributed by atoms with Gasteiger partial charge in [-0.2, -0.15) is 0 Å². The fourth-order valence-electron chi connectivity index (χ4n) is 2.45. The summed E-state index contributed by atoms with van der Waals surface area (Å²) in [6.45, 7) is 2.51. The van der Waals surface area contributed by atoms with Gasteiger partial charge in [-0.05, 0) is 37.7 Å². The third kappa shape index (κ3) is 3.92. The molecule has 0 bridgehead atoms. The summed E-state index contributed by atoms with van der Waals surface area (Å²) in [5.41, 5.74) is 0.639. The monoisotopic (exact) mass is 343 g/mol. The Bertz CT molecular complexity index is 673. The van der Waals surface area contributed by atoms with E-state index in [4.69, 9.17) is 12.2 Å². The van der Waals surface area contributed by atoms with Crippen molar-refractivity contribution in [3.05, 3.63) is 34.4 Å². The summed E-state index contributed by atoms with van der Waals surface area (Å²) in [6.07, 6.45) is 0.568. The average Bonchev–Trinajstić information content (AvgIpc) is 2.80. The number of hydrogen-bond donors (Lipinski definition) is 1. The number of nitro benzene ring substituents is 1. The molecule has 9 heteroatoms. The lowest BCUT2D eigenvalue weighted by molar-refractivity contribution is -0.384. The van der Waals surface area contributed by atoms with Gasteiger partial charge in [0.15, 0.2) is 14.9 Å². The van der Waals surface area contributed by atoms with Crippen molar-refractivity contribution in [2.45, 2.75) is 19.4 Å². The summed E-state index contributed by atoms with van der Waals surface area (Å²) in [5.74, 6) is 0.303. The molecule has 0 aliphatic carbocycles. The second-order valence-corrected chi connectivity index (χ2v) is 7.69. The number of anilines is 1. The first-order chi connectivity index (χ1) is 10.3. The Kier molecular flexibility index (Phi) is 4.97. The highest BCUT2D eigenvalue weighted by Gasteiger charge is 2.32. The van der Waals surface area contributed by atoms with Crippen LogP contribution in [0.4, 0.5) is 11.4 Å². The molecule has 0 spiro atoms. The van der Waals surface area contributed by atoms with Gasteiger partial charge in [-0.15, -0.1) is 0 Å². The van der Waals surface area contributed by atoms with Crippen LogP contribution in [0.25, 0.3) is 0 Å². The maximum absolute atomic E-state index is 11.6. The molecule has 0 aromatic heterocycles. The molecule has 0 radical (unpaired) electrons. The average molecular weight is 343 g/mol. The minimum atomic E-state index is -2.98. The van der Waals surface area contributed by atoms with Gasteiger partial charge in [0.1, 0.15) is 0 Å². The third-order valence-corrected chi connectivity index (χ3v) is 5.67. The highest BCUT2D eigenvalue weighted by molar-refractivity contribution is 7.91. The van der Waals surface area contributed by atoms with E-state index in [9.17, 15) is 18.5 Å². The number of thiocarbonyl (C=S) groups is 1. The van der Waals surface area contributed by atoms with E-state index in [1.807, 2.05) is 11.8 Å². The summed E-state index contributed by atoms with van der Waals surface area (Å²) in [5, 5.41) is 14.1. The Morgan fingerprint density at radius 1 is 1.45 bits per heavy atom. The number of nitrogens with zero attached hydrogens (tertiary/aromatic N) is 2. The van der Waals surface area contributed by atoms with Gasteiger partial charge in [0, 0.05) is 30.4 Å². The molecule has 0 unspecified atom stereocenters. The fraction of sp³-hybridized carbons (Fsp3) is 0.462. The van der Waals surface area contributed by atoms with Gasteiger partial charge in [0.25, 0.3) is 5.69 Å². The molecule has 7 nitrogen and oxygen atoms in total. The second kappa shape index (κ2) is 6.57. The molecule has 1 atom stereocenters. The van der Waals surface area contributed by atoms with E-state index in [1.54, 1.807) is 12.1 Å². The van der Waals surface area contributed by atoms with E-state index < -0.39 is 14.8 Å². The molecule has 1 aliphatic rings. The lowest BCUT2D eigenvalue weighted by Crippen LogP contribution is -2.43. The molecule has 1 aromatic carbocycles. The van der Waals surface area contributed by atoms with Gasteiger partial charge in [-0.1, -0.05) is 0 Å². The molecular weight excluding hydrogens is 326 g/mol. The highest BCUT2D eigenvalue weighted by Crippen LogP contribution is 2.20. The Balaban J connectivity index is 2.05. The van der Waals surface area contributed by atoms with Gasteiger partial charge in [0.05, 0.1) is 16.4 Å². The van der Waals surface area contributed by atoms with Crippen molar-refractivity contribution < 1.29 is 13.3 Å². The number of nitrogens with one attached hydrogen (secondary N) is 1. The molecule has 2 rings (SSSR count). The number of benzene rings is 1. The molecule has 0 amide bonds. The minimum Gasteiger partial charge on any atom is -0.345 e.